The van der Waals surface area contributed by atoms with E-state index in [-0.39, 0.29) is 33.1 Å². The van der Waals surface area contributed by atoms with Gasteiger partial charge in [-0.25, -0.2) is 9.59 Å². The first-order valence-electron chi connectivity index (χ1n) is 10.4. The zero-order chi connectivity index (χ0) is 25.7. The lowest BCUT2D eigenvalue weighted by Gasteiger charge is -2.20. The van der Waals surface area contributed by atoms with E-state index >= 15 is 0 Å². The summed E-state index contributed by atoms with van der Waals surface area (Å²) < 4.78 is 16.7. The van der Waals surface area contributed by atoms with Gasteiger partial charge in [-0.3, -0.25) is 0 Å². The molecule has 0 radical (unpaired) electrons. The highest BCUT2D eigenvalue weighted by atomic mass is 79.9. The van der Waals surface area contributed by atoms with Gasteiger partial charge in [0.1, 0.15) is 28.4 Å². The monoisotopic (exact) mass is 588 g/mol. The number of halogens is 3. The van der Waals surface area contributed by atoms with Gasteiger partial charge in [0.2, 0.25) is 0 Å². The molecule has 2 heterocycles. The molecule has 0 aliphatic carbocycles. The van der Waals surface area contributed by atoms with Crippen LogP contribution in [0, 0.1) is 0 Å². The zero-order valence-electron chi connectivity index (χ0n) is 18.3. The van der Waals surface area contributed by atoms with Gasteiger partial charge in [0.15, 0.2) is 0 Å². The van der Waals surface area contributed by atoms with Crippen molar-refractivity contribution in [1.29, 1.82) is 0 Å². The Kier molecular flexibility index (Phi) is 6.20. The van der Waals surface area contributed by atoms with E-state index in [4.69, 9.17) is 36.8 Å². The smallest absolute Gasteiger partial charge is 0.344 e. The van der Waals surface area contributed by atoms with Crippen LogP contribution >= 0.6 is 39.1 Å². The lowest BCUT2D eigenvalue weighted by Crippen LogP contribution is -2.21. The van der Waals surface area contributed by atoms with Gasteiger partial charge in [-0.1, -0.05) is 29.3 Å². The minimum atomic E-state index is -1.30. The van der Waals surface area contributed by atoms with Crippen molar-refractivity contribution < 1.29 is 23.8 Å². The van der Waals surface area contributed by atoms with Crippen LogP contribution in [0.25, 0.3) is 21.9 Å². The van der Waals surface area contributed by atoms with Crippen molar-refractivity contribution >= 4 is 61.1 Å². The van der Waals surface area contributed by atoms with Crippen molar-refractivity contribution in [3.05, 3.63) is 107 Å². The van der Waals surface area contributed by atoms with Gasteiger partial charge in [-0.2, -0.15) is 0 Å². The molecule has 36 heavy (non-hydrogen) atoms. The first kappa shape index (κ1) is 24.2. The third-order valence-corrected chi connectivity index (χ3v) is 6.93. The van der Waals surface area contributed by atoms with Crippen LogP contribution in [-0.4, -0.2) is 17.3 Å². The number of ether oxygens (including phenoxy) is 1. The molecule has 2 N–H and O–H groups in total. The summed E-state index contributed by atoms with van der Waals surface area (Å²) in [4.78, 5) is 26.5. The first-order chi connectivity index (χ1) is 17.2. The van der Waals surface area contributed by atoms with E-state index in [1.807, 2.05) is 0 Å². The van der Waals surface area contributed by atoms with Crippen molar-refractivity contribution in [2.24, 2.45) is 0 Å². The predicted octanol–water partition coefficient (Wildman–Crippen LogP) is 6.57. The van der Waals surface area contributed by atoms with Gasteiger partial charge in [0, 0.05) is 10.0 Å². The van der Waals surface area contributed by atoms with Gasteiger partial charge < -0.3 is 23.8 Å². The lowest BCUT2D eigenvalue weighted by atomic mass is 9.84. The molecule has 0 saturated heterocycles. The Morgan fingerprint density at radius 2 is 1.31 bits per heavy atom. The van der Waals surface area contributed by atoms with Gasteiger partial charge in [-0.05, 0) is 70.0 Å². The first-order valence-corrected chi connectivity index (χ1v) is 12.0. The third kappa shape index (κ3) is 4.01. The van der Waals surface area contributed by atoms with Crippen LogP contribution in [0.15, 0.2) is 77.5 Å². The summed E-state index contributed by atoms with van der Waals surface area (Å²) in [6.07, 6.45) is 0. The quantitative estimate of drug-likeness (QED) is 0.228. The molecule has 0 aliphatic rings. The van der Waals surface area contributed by atoms with Crippen LogP contribution < -0.4 is 16.0 Å². The molecule has 0 atom stereocenters. The van der Waals surface area contributed by atoms with E-state index in [1.54, 1.807) is 18.2 Å². The van der Waals surface area contributed by atoms with Crippen LogP contribution in [0.5, 0.6) is 17.2 Å². The molecule has 0 aliphatic heterocycles. The van der Waals surface area contributed by atoms with Crippen molar-refractivity contribution in [2.75, 3.05) is 7.11 Å². The van der Waals surface area contributed by atoms with E-state index in [9.17, 15) is 19.8 Å². The van der Waals surface area contributed by atoms with Gasteiger partial charge in [-0.15, -0.1) is 0 Å². The number of methoxy groups -OCH3 is 1. The molecule has 5 rings (SSSR count). The van der Waals surface area contributed by atoms with Crippen LogP contribution in [0.4, 0.5) is 0 Å². The topological polar surface area (TPSA) is 110 Å². The Labute approximate surface area is 221 Å². The standard InChI is InChI=1S/C26H15BrCl2O7/c1-34-19-5-2-11(8-16(19)27)20(21-23(30)14-9-12(28)3-6-17(14)35-25(21)32)22-24(31)15-10-13(29)4-7-18(15)36-26(22)33/h2-10,20,30-31H,1H3. The summed E-state index contributed by atoms with van der Waals surface area (Å²) in [6.45, 7) is 0. The molecule has 0 bridgehead atoms. The fraction of sp³-hybridized carbons (Fsp3) is 0.0769. The Bertz CT molecular complexity index is 1690. The summed E-state index contributed by atoms with van der Waals surface area (Å²) in [5.41, 5.74) is -1.84. The number of rotatable bonds is 4. The third-order valence-electron chi connectivity index (χ3n) is 5.84. The van der Waals surface area contributed by atoms with Crippen LogP contribution in [0.3, 0.4) is 0 Å². The molecule has 7 nitrogen and oxygen atoms in total. The van der Waals surface area contributed by atoms with Crippen molar-refractivity contribution in [3.63, 3.8) is 0 Å². The highest BCUT2D eigenvalue weighted by Crippen LogP contribution is 2.43. The minimum absolute atomic E-state index is 0.0989. The fourth-order valence-electron chi connectivity index (χ4n) is 4.19. The van der Waals surface area contributed by atoms with Crippen molar-refractivity contribution in [2.45, 2.75) is 5.92 Å². The highest BCUT2D eigenvalue weighted by molar-refractivity contribution is 9.10. The molecule has 0 spiro atoms. The molecule has 0 saturated carbocycles. The zero-order valence-corrected chi connectivity index (χ0v) is 21.4. The number of benzene rings is 3. The molecule has 10 heteroatoms. The van der Waals surface area contributed by atoms with Gasteiger partial charge >= 0.3 is 11.3 Å². The predicted molar refractivity (Wildman–Crippen MR) is 140 cm³/mol. The van der Waals surface area contributed by atoms with Crippen molar-refractivity contribution in [3.8, 4) is 17.2 Å². The molecule has 3 aromatic carbocycles. The fourth-order valence-corrected chi connectivity index (χ4v) is 5.10. The summed E-state index contributed by atoms with van der Waals surface area (Å²) >= 11 is 15.6. The van der Waals surface area contributed by atoms with Crippen LogP contribution in [-0.2, 0) is 0 Å². The maximum atomic E-state index is 13.2. The lowest BCUT2D eigenvalue weighted by molar-refractivity contribution is 0.412. The minimum Gasteiger partial charge on any atom is -0.507 e. The summed E-state index contributed by atoms with van der Waals surface area (Å²) in [7, 11) is 1.48. The summed E-state index contributed by atoms with van der Waals surface area (Å²) in [5.74, 6) is -1.72. The second-order valence-electron chi connectivity index (χ2n) is 7.91. The Balaban J connectivity index is 1.92. The summed E-state index contributed by atoms with van der Waals surface area (Å²) in [6, 6.07) is 13.6. The molecule has 5 aromatic rings. The Morgan fingerprint density at radius 3 is 1.75 bits per heavy atom. The van der Waals surface area contributed by atoms with E-state index in [1.165, 1.54) is 43.5 Å². The average molecular weight is 590 g/mol. The van der Waals surface area contributed by atoms with E-state index in [0.29, 0.717) is 25.8 Å². The van der Waals surface area contributed by atoms with Crippen LogP contribution in [0.1, 0.15) is 22.6 Å². The Morgan fingerprint density at radius 1 is 0.806 bits per heavy atom. The average Bonchev–Trinajstić information content (AvgIpc) is 2.84. The second kappa shape index (κ2) is 9.20. The van der Waals surface area contributed by atoms with E-state index in [2.05, 4.69) is 15.9 Å². The molecule has 0 fully saturated rings. The summed E-state index contributed by atoms with van der Waals surface area (Å²) in [5, 5.41) is 23.4. The molecular weight excluding hydrogens is 575 g/mol. The maximum absolute atomic E-state index is 13.2. The second-order valence-corrected chi connectivity index (χ2v) is 9.64. The van der Waals surface area contributed by atoms with E-state index < -0.39 is 28.7 Å². The molecule has 0 unspecified atom stereocenters. The SMILES string of the molecule is COc1ccc(C(c2c(O)c3cc(Cl)ccc3oc2=O)c2c(O)c3cc(Cl)ccc3oc2=O)cc1Br. The number of aromatic hydroxyl groups is 2. The number of hydrogen-bond donors (Lipinski definition) is 2. The normalized spacial score (nSPS) is 11.5. The van der Waals surface area contributed by atoms with Gasteiger partial charge in [0.05, 0.1) is 39.4 Å². The Hall–Kier alpha value is -3.46. The molecular formula is C26H15BrCl2O7. The maximum Gasteiger partial charge on any atom is 0.344 e. The van der Waals surface area contributed by atoms with Crippen molar-refractivity contribution in [1.82, 2.24) is 0 Å². The highest BCUT2D eigenvalue weighted by Gasteiger charge is 2.33. The molecule has 182 valence electrons. The number of fused-ring (bicyclic) bond motifs is 2. The molecule has 2 aromatic heterocycles. The van der Waals surface area contributed by atoms with E-state index in [0.717, 1.165) is 0 Å². The van der Waals surface area contributed by atoms with Crippen LogP contribution in [0.2, 0.25) is 10.0 Å². The largest absolute Gasteiger partial charge is 0.507 e. The van der Waals surface area contributed by atoms with Gasteiger partial charge in [0.25, 0.3) is 0 Å². The number of hydrogen-bond acceptors (Lipinski definition) is 7. The molecule has 0 amide bonds.